The number of hydrogen-bond acceptors (Lipinski definition) is 3. The zero-order chi connectivity index (χ0) is 36.5. The minimum atomic E-state index is 0.676. The molecule has 4 heteroatoms. The molecule has 56 heavy (non-hydrogen) atoms. The second-order valence-corrected chi connectivity index (χ2v) is 15.8. The van der Waals surface area contributed by atoms with Gasteiger partial charge < -0.3 is 0 Å². The molecule has 0 aliphatic heterocycles. The van der Waals surface area contributed by atoms with Crippen molar-refractivity contribution in [1.29, 1.82) is 0 Å². The predicted molar refractivity (Wildman–Crippen MR) is 240 cm³/mol. The van der Waals surface area contributed by atoms with Crippen LogP contribution in [0.3, 0.4) is 0 Å². The number of rotatable bonds is 2. The van der Waals surface area contributed by atoms with E-state index in [0.717, 1.165) is 44.0 Å². The minimum Gasteiger partial charge on any atom is -0.276 e. The Hall–Kier alpha value is -7.14. The molecular formula is C52H29N3S. The van der Waals surface area contributed by atoms with Gasteiger partial charge >= 0.3 is 0 Å². The Morgan fingerprint density at radius 2 is 0.911 bits per heavy atom. The van der Waals surface area contributed by atoms with E-state index in [4.69, 9.17) is 9.97 Å². The van der Waals surface area contributed by atoms with Crippen LogP contribution in [0.2, 0.25) is 0 Å². The number of aromatic nitrogens is 3. The van der Waals surface area contributed by atoms with E-state index < -0.39 is 0 Å². The zero-order valence-electron chi connectivity index (χ0n) is 30.0. The van der Waals surface area contributed by atoms with Crippen LogP contribution >= 0.6 is 11.3 Å². The lowest BCUT2D eigenvalue weighted by Crippen LogP contribution is -2.04. The fourth-order valence-electron chi connectivity index (χ4n) is 9.60. The van der Waals surface area contributed by atoms with Crippen molar-refractivity contribution in [2.75, 3.05) is 0 Å². The van der Waals surface area contributed by atoms with Gasteiger partial charge in [-0.1, -0.05) is 164 Å². The summed E-state index contributed by atoms with van der Waals surface area (Å²) < 4.78 is 4.90. The maximum absolute atomic E-state index is 5.52. The molecule has 0 amide bonds. The molecular weight excluding hydrogens is 699 g/mol. The predicted octanol–water partition coefficient (Wildman–Crippen LogP) is 14.5. The molecule has 0 bridgehead atoms. The number of benzene rings is 10. The Morgan fingerprint density at radius 1 is 0.357 bits per heavy atom. The van der Waals surface area contributed by atoms with Crippen molar-refractivity contribution in [1.82, 2.24) is 14.5 Å². The molecule has 0 atom stereocenters. The van der Waals surface area contributed by atoms with Crippen LogP contribution in [-0.4, -0.2) is 14.5 Å². The van der Waals surface area contributed by atoms with Crippen LogP contribution in [-0.2, 0) is 0 Å². The lowest BCUT2D eigenvalue weighted by Gasteiger charge is -2.14. The number of hydrogen-bond donors (Lipinski definition) is 0. The average molecular weight is 728 g/mol. The molecule has 3 aromatic heterocycles. The summed E-state index contributed by atoms with van der Waals surface area (Å²) >= 11 is 1.91. The van der Waals surface area contributed by atoms with E-state index in [1.807, 2.05) is 11.3 Å². The fourth-order valence-corrected chi connectivity index (χ4v) is 11.0. The van der Waals surface area contributed by atoms with E-state index in [1.54, 1.807) is 0 Å². The molecule has 0 unspecified atom stereocenters. The molecule has 0 saturated heterocycles. The molecule has 0 aliphatic rings. The van der Waals surface area contributed by atoms with Crippen molar-refractivity contribution in [2.24, 2.45) is 0 Å². The van der Waals surface area contributed by atoms with Gasteiger partial charge in [-0.2, -0.15) is 0 Å². The third kappa shape index (κ3) is 3.95. The van der Waals surface area contributed by atoms with Crippen LogP contribution in [0.4, 0.5) is 0 Å². The lowest BCUT2D eigenvalue weighted by molar-refractivity contribution is 1.02. The van der Waals surface area contributed by atoms with Crippen molar-refractivity contribution in [2.45, 2.75) is 0 Å². The maximum Gasteiger partial charge on any atom is 0.235 e. The minimum absolute atomic E-state index is 0.676. The van der Waals surface area contributed by atoms with E-state index in [1.165, 1.54) is 74.0 Å². The molecule has 13 rings (SSSR count). The van der Waals surface area contributed by atoms with Crippen LogP contribution in [0.1, 0.15) is 0 Å². The SMILES string of the molecule is c1ccc(-c2nc(-n3c4ccccc4c4ccc5c(sc6c5c5ccccc5c5c7ccccc7c7ccccc7c65)c43)nc3c2ccc2ccccc23)cc1. The lowest BCUT2D eigenvalue weighted by atomic mass is 9.89. The van der Waals surface area contributed by atoms with E-state index >= 15 is 0 Å². The standard InChI is InChI=1S/C52H29N3S/c1-2-15-31(16-3-1)47-42-27-26-30-14-4-5-17-32(30)48(42)54-52(53-47)55-43-25-13-12-20-35(43)40-28-29-41-45-39-24-11-10-23-38(39)44-36-21-8-6-18-33(36)34-19-7-9-22-37(34)46(44)51(45)56-50(41)49(40)55/h1-29H. The van der Waals surface area contributed by atoms with Gasteiger partial charge in [-0.05, 0) is 55.2 Å². The number of thiophene rings is 1. The topological polar surface area (TPSA) is 30.7 Å². The summed E-state index contributed by atoms with van der Waals surface area (Å²) in [6, 6.07) is 63.8. The van der Waals surface area contributed by atoms with Gasteiger partial charge in [-0.3, -0.25) is 4.57 Å². The van der Waals surface area contributed by atoms with Gasteiger partial charge in [0.05, 0.1) is 26.9 Å². The Morgan fingerprint density at radius 3 is 1.66 bits per heavy atom. The number of fused-ring (bicyclic) bond motifs is 20. The van der Waals surface area contributed by atoms with Crippen molar-refractivity contribution >= 4 is 118 Å². The largest absolute Gasteiger partial charge is 0.276 e. The van der Waals surface area contributed by atoms with Gasteiger partial charge in [0, 0.05) is 48.0 Å². The summed E-state index contributed by atoms with van der Waals surface area (Å²) in [5.74, 6) is 0.676. The van der Waals surface area contributed by atoms with E-state index in [2.05, 4.69) is 180 Å². The fraction of sp³-hybridized carbons (Fsp3) is 0. The molecule has 3 heterocycles. The highest BCUT2D eigenvalue weighted by Crippen LogP contribution is 2.51. The number of para-hydroxylation sites is 1. The smallest absolute Gasteiger partial charge is 0.235 e. The third-order valence-electron chi connectivity index (χ3n) is 11.9. The maximum atomic E-state index is 5.52. The highest BCUT2D eigenvalue weighted by molar-refractivity contribution is 7.28. The van der Waals surface area contributed by atoms with Gasteiger partial charge in [0.15, 0.2) is 0 Å². The summed E-state index contributed by atoms with van der Waals surface area (Å²) in [7, 11) is 0. The number of nitrogens with zero attached hydrogens (tertiary/aromatic N) is 3. The molecule has 0 radical (unpaired) electrons. The second kappa shape index (κ2) is 11.2. The van der Waals surface area contributed by atoms with E-state index in [0.29, 0.717) is 5.95 Å². The van der Waals surface area contributed by atoms with Crippen LogP contribution < -0.4 is 0 Å². The quantitative estimate of drug-likeness (QED) is 0.166. The average Bonchev–Trinajstić information content (AvgIpc) is 3.83. The summed E-state index contributed by atoms with van der Waals surface area (Å²) in [5, 5.41) is 18.7. The van der Waals surface area contributed by atoms with Gasteiger partial charge in [-0.15, -0.1) is 11.3 Å². The summed E-state index contributed by atoms with van der Waals surface area (Å²) in [6.45, 7) is 0. The van der Waals surface area contributed by atoms with Crippen LogP contribution in [0.25, 0.3) is 124 Å². The highest BCUT2D eigenvalue weighted by atomic mass is 32.1. The van der Waals surface area contributed by atoms with Crippen molar-refractivity contribution in [3.8, 4) is 17.2 Å². The molecule has 0 aliphatic carbocycles. The van der Waals surface area contributed by atoms with Crippen molar-refractivity contribution < 1.29 is 0 Å². The molecule has 258 valence electrons. The second-order valence-electron chi connectivity index (χ2n) is 14.8. The van der Waals surface area contributed by atoms with Gasteiger partial charge in [0.2, 0.25) is 5.95 Å². The first-order chi connectivity index (χ1) is 27.8. The van der Waals surface area contributed by atoms with Crippen LogP contribution in [0.15, 0.2) is 176 Å². The summed E-state index contributed by atoms with van der Waals surface area (Å²) in [4.78, 5) is 11.0. The van der Waals surface area contributed by atoms with Gasteiger partial charge in [0.25, 0.3) is 0 Å². The highest BCUT2D eigenvalue weighted by Gasteiger charge is 2.24. The first-order valence-corrected chi connectivity index (χ1v) is 19.9. The zero-order valence-corrected chi connectivity index (χ0v) is 30.8. The molecule has 0 fully saturated rings. The van der Waals surface area contributed by atoms with Crippen LogP contribution in [0.5, 0.6) is 0 Å². The Balaban J connectivity index is 1.26. The molecule has 10 aromatic carbocycles. The van der Waals surface area contributed by atoms with E-state index in [9.17, 15) is 0 Å². The van der Waals surface area contributed by atoms with Gasteiger partial charge in [-0.25, -0.2) is 9.97 Å². The first kappa shape index (κ1) is 30.2. The normalized spacial score (nSPS) is 12.3. The molecule has 0 N–H and O–H groups in total. The first-order valence-electron chi connectivity index (χ1n) is 19.1. The molecule has 3 nitrogen and oxygen atoms in total. The monoisotopic (exact) mass is 727 g/mol. The Kier molecular flexibility index (Phi) is 6.04. The van der Waals surface area contributed by atoms with Crippen LogP contribution in [0, 0.1) is 0 Å². The Labute approximate surface area is 324 Å². The van der Waals surface area contributed by atoms with E-state index in [-0.39, 0.29) is 0 Å². The van der Waals surface area contributed by atoms with Crippen molar-refractivity contribution in [3.05, 3.63) is 176 Å². The molecule has 0 saturated carbocycles. The van der Waals surface area contributed by atoms with Gasteiger partial charge in [0.1, 0.15) is 0 Å². The third-order valence-corrected chi connectivity index (χ3v) is 13.2. The Bertz CT molecular complexity index is 3820. The summed E-state index contributed by atoms with van der Waals surface area (Å²) in [6.07, 6.45) is 0. The molecule has 0 spiro atoms. The molecule has 13 aromatic rings. The summed E-state index contributed by atoms with van der Waals surface area (Å²) in [5.41, 5.74) is 5.20. The van der Waals surface area contributed by atoms with Crippen molar-refractivity contribution in [3.63, 3.8) is 0 Å².